The lowest BCUT2D eigenvalue weighted by molar-refractivity contribution is 0.317. The minimum atomic E-state index is 0.174. The van der Waals surface area contributed by atoms with Crippen LogP contribution < -0.4 is 0 Å². The smallest absolute Gasteiger partial charge is 0.0893 e. The number of oxime groups is 1. The Hall–Kier alpha value is -1.57. The van der Waals surface area contributed by atoms with Crippen LogP contribution >= 0.6 is 0 Å². The van der Waals surface area contributed by atoms with Crippen LogP contribution in [0, 0.1) is 5.92 Å². The Bertz CT molecular complexity index is 339. The number of hydrogen-bond donors (Lipinski definition) is 1. The van der Waals surface area contributed by atoms with Crippen molar-refractivity contribution in [3.05, 3.63) is 42.5 Å². The number of hydrogen-bond acceptors (Lipinski definition) is 2. The van der Waals surface area contributed by atoms with Gasteiger partial charge in [0, 0.05) is 0 Å². The van der Waals surface area contributed by atoms with Crippen molar-refractivity contribution in [2.45, 2.75) is 13.8 Å². The van der Waals surface area contributed by atoms with Crippen molar-refractivity contribution in [1.82, 2.24) is 0 Å². The molecule has 0 aliphatic carbocycles. The largest absolute Gasteiger partial charge is 0.411 e. The highest BCUT2D eigenvalue weighted by molar-refractivity contribution is 6.23. The summed E-state index contributed by atoms with van der Waals surface area (Å²) in [6, 6.07) is 9.74. The second-order valence-corrected chi connectivity index (χ2v) is 3.48. The normalized spacial score (nSPS) is 11.8. The molecule has 0 aromatic heterocycles. The highest BCUT2D eigenvalue weighted by Gasteiger charge is 2.11. The van der Waals surface area contributed by atoms with Gasteiger partial charge in [0.25, 0.3) is 0 Å². The number of rotatable bonds is 3. The summed E-state index contributed by atoms with van der Waals surface area (Å²) in [5.74, 6) is 0.174. The van der Waals surface area contributed by atoms with Gasteiger partial charge >= 0.3 is 0 Å². The van der Waals surface area contributed by atoms with Crippen LogP contribution in [0.2, 0.25) is 0 Å². The molecule has 1 aromatic rings. The van der Waals surface area contributed by atoms with Gasteiger partial charge in [-0.15, -0.1) is 0 Å². The van der Waals surface area contributed by atoms with E-state index in [0.717, 1.165) is 11.1 Å². The average Bonchev–Trinajstić information content (AvgIpc) is 2.19. The van der Waals surface area contributed by atoms with E-state index in [2.05, 4.69) is 11.7 Å². The summed E-state index contributed by atoms with van der Waals surface area (Å²) in [4.78, 5) is 0. The van der Waals surface area contributed by atoms with Crippen LogP contribution in [-0.4, -0.2) is 10.9 Å². The minimum absolute atomic E-state index is 0.174. The lowest BCUT2D eigenvalue weighted by Gasteiger charge is -2.10. The number of nitrogens with zero attached hydrogens (tertiary/aromatic N) is 1. The van der Waals surface area contributed by atoms with Crippen LogP contribution in [0.4, 0.5) is 0 Å². The van der Waals surface area contributed by atoms with Crippen molar-refractivity contribution in [1.29, 1.82) is 0 Å². The lowest BCUT2D eigenvalue weighted by atomic mass is 9.95. The molecule has 0 spiro atoms. The van der Waals surface area contributed by atoms with E-state index < -0.39 is 0 Å². The second-order valence-electron chi connectivity index (χ2n) is 3.48. The predicted molar refractivity (Wildman–Crippen MR) is 59.5 cm³/mol. The molecule has 1 N–H and O–H groups in total. The first-order chi connectivity index (χ1) is 6.66. The van der Waals surface area contributed by atoms with E-state index >= 15 is 0 Å². The van der Waals surface area contributed by atoms with E-state index in [1.54, 1.807) is 0 Å². The summed E-state index contributed by atoms with van der Waals surface area (Å²) in [5.41, 5.74) is 2.41. The van der Waals surface area contributed by atoms with Gasteiger partial charge < -0.3 is 5.21 Å². The molecule has 0 fully saturated rings. The van der Waals surface area contributed by atoms with Crippen LogP contribution in [0.1, 0.15) is 19.4 Å². The van der Waals surface area contributed by atoms with E-state index in [-0.39, 0.29) is 5.92 Å². The Morgan fingerprint density at radius 1 is 1.29 bits per heavy atom. The molecule has 2 nitrogen and oxygen atoms in total. The standard InChI is InChI=1S/C12H15NO/c1-9(2)12(13-14)10(3)11-7-5-4-6-8-11/h4-9,14H,3H2,1-2H3/b13-12+. The van der Waals surface area contributed by atoms with Crippen molar-refractivity contribution in [2.75, 3.05) is 0 Å². The summed E-state index contributed by atoms with van der Waals surface area (Å²) < 4.78 is 0. The summed E-state index contributed by atoms with van der Waals surface area (Å²) in [5, 5.41) is 12.1. The Kier molecular flexibility index (Phi) is 3.46. The first-order valence-electron chi connectivity index (χ1n) is 4.63. The summed E-state index contributed by atoms with van der Waals surface area (Å²) in [6.45, 7) is 7.88. The fourth-order valence-electron chi connectivity index (χ4n) is 1.31. The van der Waals surface area contributed by atoms with Gasteiger partial charge in [0.15, 0.2) is 0 Å². The zero-order valence-electron chi connectivity index (χ0n) is 8.57. The third-order valence-electron chi connectivity index (χ3n) is 2.09. The Balaban J connectivity index is 2.96. The minimum Gasteiger partial charge on any atom is -0.411 e. The fourth-order valence-corrected chi connectivity index (χ4v) is 1.31. The Morgan fingerprint density at radius 3 is 2.29 bits per heavy atom. The van der Waals surface area contributed by atoms with Gasteiger partial charge in [0.05, 0.1) is 5.71 Å². The van der Waals surface area contributed by atoms with E-state index in [0.29, 0.717) is 5.71 Å². The van der Waals surface area contributed by atoms with Gasteiger partial charge in [-0.3, -0.25) is 0 Å². The molecular weight excluding hydrogens is 174 g/mol. The molecule has 14 heavy (non-hydrogen) atoms. The molecule has 0 saturated heterocycles. The topological polar surface area (TPSA) is 32.6 Å². The summed E-state index contributed by atoms with van der Waals surface area (Å²) in [7, 11) is 0. The van der Waals surface area contributed by atoms with Crippen molar-refractivity contribution in [3.8, 4) is 0 Å². The van der Waals surface area contributed by atoms with Gasteiger partial charge in [-0.1, -0.05) is 55.9 Å². The van der Waals surface area contributed by atoms with E-state index in [4.69, 9.17) is 5.21 Å². The molecule has 0 aliphatic heterocycles. The zero-order chi connectivity index (χ0) is 10.6. The summed E-state index contributed by atoms with van der Waals surface area (Å²) >= 11 is 0. The van der Waals surface area contributed by atoms with Gasteiger partial charge in [0.2, 0.25) is 0 Å². The molecule has 2 heteroatoms. The highest BCUT2D eigenvalue weighted by Crippen LogP contribution is 2.17. The van der Waals surface area contributed by atoms with Crippen LogP contribution in [0.15, 0.2) is 42.1 Å². The van der Waals surface area contributed by atoms with E-state index in [1.807, 2.05) is 44.2 Å². The fraction of sp³-hybridized carbons (Fsp3) is 0.250. The zero-order valence-corrected chi connectivity index (χ0v) is 8.57. The quantitative estimate of drug-likeness (QED) is 0.442. The molecule has 0 saturated carbocycles. The molecule has 0 heterocycles. The second kappa shape index (κ2) is 4.61. The highest BCUT2D eigenvalue weighted by atomic mass is 16.4. The van der Waals surface area contributed by atoms with Crippen LogP contribution in [0.5, 0.6) is 0 Å². The molecular formula is C12H15NO. The third kappa shape index (κ3) is 2.22. The van der Waals surface area contributed by atoms with Crippen molar-refractivity contribution >= 4 is 11.3 Å². The molecule has 0 aliphatic rings. The number of benzene rings is 1. The van der Waals surface area contributed by atoms with Gasteiger partial charge in [-0.05, 0) is 17.1 Å². The summed E-state index contributed by atoms with van der Waals surface area (Å²) in [6.07, 6.45) is 0. The molecule has 0 amide bonds. The molecule has 0 bridgehead atoms. The maximum absolute atomic E-state index is 8.86. The Labute approximate surface area is 84.6 Å². The third-order valence-corrected chi connectivity index (χ3v) is 2.09. The van der Waals surface area contributed by atoms with Crippen molar-refractivity contribution < 1.29 is 5.21 Å². The number of allylic oxidation sites excluding steroid dienone is 1. The Morgan fingerprint density at radius 2 is 1.86 bits per heavy atom. The molecule has 0 radical (unpaired) electrons. The maximum Gasteiger partial charge on any atom is 0.0893 e. The maximum atomic E-state index is 8.86. The van der Waals surface area contributed by atoms with Gasteiger partial charge in [0.1, 0.15) is 0 Å². The van der Waals surface area contributed by atoms with E-state index in [9.17, 15) is 0 Å². The monoisotopic (exact) mass is 189 g/mol. The van der Waals surface area contributed by atoms with Crippen LogP contribution in [0.25, 0.3) is 5.57 Å². The molecule has 1 rings (SSSR count). The predicted octanol–water partition coefficient (Wildman–Crippen LogP) is 3.19. The van der Waals surface area contributed by atoms with Crippen molar-refractivity contribution in [2.24, 2.45) is 11.1 Å². The van der Waals surface area contributed by atoms with Crippen LogP contribution in [0.3, 0.4) is 0 Å². The SMILES string of the molecule is C=C(/C(=N/O)C(C)C)c1ccccc1. The van der Waals surface area contributed by atoms with Gasteiger partial charge in [-0.2, -0.15) is 0 Å². The molecule has 0 unspecified atom stereocenters. The first kappa shape index (κ1) is 10.5. The lowest BCUT2D eigenvalue weighted by Crippen LogP contribution is -2.09. The molecule has 74 valence electrons. The van der Waals surface area contributed by atoms with Crippen LogP contribution in [-0.2, 0) is 0 Å². The van der Waals surface area contributed by atoms with Gasteiger partial charge in [-0.25, -0.2) is 0 Å². The van der Waals surface area contributed by atoms with E-state index in [1.165, 1.54) is 0 Å². The molecule has 0 atom stereocenters. The van der Waals surface area contributed by atoms with Crippen molar-refractivity contribution in [3.63, 3.8) is 0 Å². The first-order valence-corrected chi connectivity index (χ1v) is 4.63. The average molecular weight is 189 g/mol. The molecule has 1 aromatic carbocycles.